The van der Waals surface area contributed by atoms with Crippen molar-refractivity contribution in [2.45, 2.75) is 19.5 Å². The van der Waals surface area contributed by atoms with Crippen LogP contribution in [-0.2, 0) is 19.5 Å². The Kier molecular flexibility index (Phi) is 6.35. The van der Waals surface area contributed by atoms with Crippen LogP contribution in [0.5, 0.6) is 11.5 Å². The van der Waals surface area contributed by atoms with Gasteiger partial charge in [0, 0.05) is 37.6 Å². The highest BCUT2D eigenvalue weighted by molar-refractivity contribution is 7.10. The van der Waals surface area contributed by atoms with Crippen LogP contribution in [0.25, 0.3) is 0 Å². The van der Waals surface area contributed by atoms with E-state index < -0.39 is 0 Å². The number of amides is 2. The summed E-state index contributed by atoms with van der Waals surface area (Å²) in [6.07, 6.45) is 1.11. The summed E-state index contributed by atoms with van der Waals surface area (Å²) < 4.78 is 10.5. The second-order valence-corrected chi connectivity index (χ2v) is 7.19. The van der Waals surface area contributed by atoms with Crippen molar-refractivity contribution >= 4 is 17.4 Å². The number of nitrogens with one attached hydrogen (secondary N) is 2. The quantitative estimate of drug-likeness (QED) is 0.781. The molecular weight excluding hydrogens is 350 g/mol. The molecule has 2 amide bonds. The monoisotopic (exact) mass is 375 g/mol. The molecule has 0 fully saturated rings. The number of urea groups is 1. The van der Waals surface area contributed by atoms with Gasteiger partial charge in [0.15, 0.2) is 11.5 Å². The average Bonchev–Trinajstić information content (AvgIpc) is 3.14. The minimum atomic E-state index is -0.159. The van der Waals surface area contributed by atoms with Crippen molar-refractivity contribution in [2.75, 3.05) is 33.9 Å². The number of benzene rings is 1. The Labute approximate surface area is 158 Å². The standard InChI is InChI=1S/C19H25N3O3S/c1-24-16-4-3-14(11-17(16)25-2)12-21-19(23)20-7-9-22-8-5-18-15(13-22)6-10-26-18/h3-4,6,10-11H,5,7-9,12-13H2,1-2H3,(H2,20,21,23). The number of hydrogen-bond donors (Lipinski definition) is 2. The maximum Gasteiger partial charge on any atom is 0.315 e. The lowest BCUT2D eigenvalue weighted by Crippen LogP contribution is -2.41. The topological polar surface area (TPSA) is 62.8 Å². The van der Waals surface area contributed by atoms with E-state index in [4.69, 9.17) is 9.47 Å². The van der Waals surface area contributed by atoms with Crippen LogP contribution < -0.4 is 20.1 Å². The van der Waals surface area contributed by atoms with Crippen LogP contribution in [0.15, 0.2) is 29.6 Å². The van der Waals surface area contributed by atoms with E-state index in [1.54, 1.807) is 14.2 Å². The highest BCUT2D eigenvalue weighted by Gasteiger charge is 2.16. The van der Waals surface area contributed by atoms with Crippen LogP contribution >= 0.6 is 11.3 Å². The lowest BCUT2D eigenvalue weighted by Gasteiger charge is -2.26. The number of carbonyl (C=O) groups excluding carboxylic acids is 1. The van der Waals surface area contributed by atoms with Crippen LogP contribution in [0.4, 0.5) is 4.79 Å². The van der Waals surface area contributed by atoms with Gasteiger partial charge < -0.3 is 20.1 Å². The number of thiophene rings is 1. The maximum absolute atomic E-state index is 12.0. The number of ether oxygens (including phenoxy) is 2. The van der Waals surface area contributed by atoms with E-state index in [0.717, 1.165) is 31.6 Å². The van der Waals surface area contributed by atoms with Gasteiger partial charge in [-0.1, -0.05) is 6.07 Å². The molecule has 0 spiro atoms. The predicted molar refractivity (Wildman–Crippen MR) is 103 cm³/mol. The van der Waals surface area contributed by atoms with Crippen molar-refractivity contribution in [3.05, 3.63) is 45.6 Å². The highest BCUT2D eigenvalue weighted by atomic mass is 32.1. The molecule has 2 heterocycles. The van der Waals surface area contributed by atoms with Crippen LogP contribution in [0.3, 0.4) is 0 Å². The summed E-state index contributed by atoms with van der Waals surface area (Å²) in [6, 6.07) is 7.66. The second kappa shape index (κ2) is 8.91. The summed E-state index contributed by atoms with van der Waals surface area (Å²) in [5.74, 6) is 1.33. The first kappa shape index (κ1) is 18.5. The third-order valence-corrected chi connectivity index (χ3v) is 5.52. The maximum atomic E-state index is 12.0. The summed E-state index contributed by atoms with van der Waals surface area (Å²) in [4.78, 5) is 15.9. The van der Waals surface area contributed by atoms with Gasteiger partial charge >= 0.3 is 6.03 Å². The zero-order valence-corrected chi connectivity index (χ0v) is 16.0. The Morgan fingerprint density at radius 3 is 2.85 bits per heavy atom. The molecule has 0 unspecified atom stereocenters. The molecule has 3 rings (SSSR count). The molecule has 7 heteroatoms. The van der Waals surface area contributed by atoms with Gasteiger partial charge in [-0.25, -0.2) is 4.79 Å². The SMILES string of the molecule is COc1ccc(CNC(=O)NCCN2CCc3sccc3C2)cc1OC. The van der Waals surface area contributed by atoms with Gasteiger partial charge in [-0.15, -0.1) is 11.3 Å². The highest BCUT2D eigenvalue weighted by Crippen LogP contribution is 2.27. The van der Waals surface area contributed by atoms with E-state index in [0.29, 0.717) is 24.6 Å². The molecule has 0 bridgehead atoms. The normalized spacial score (nSPS) is 13.8. The van der Waals surface area contributed by atoms with Crippen molar-refractivity contribution in [3.63, 3.8) is 0 Å². The molecule has 0 atom stereocenters. The summed E-state index contributed by atoms with van der Waals surface area (Å²) in [6.45, 7) is 3.97. The minimum absolute atomic E-state index is 0.159. The van der Waals surface area contributed by atoms with E-state index in [2.05, 4.69) is 27.0 Å². The molecule has 140 valence electrons. The first-order valence-electron chi connectivity index (χ1n) is 8.70. The molecule has 0 saturated heterocycles. The number of hydrogen-bond acceptors (Lipinski definition) is 5. The van der Waals surface area contributed by atoms with E-state index in [9.17, 15) is 4.79 Å². The third kappa shape index (κ3) is 4.68. The summed E-state index contributed by atoms with van der Waals surface area (Å²) in [5, 5.41) is 7.96. The number of fused-ring (bicyclic) bond motifs is 1. The fraction of sp³-hybridized carbons (Fsp3) is 0.421. The first-order chi connectivity index (χ1) is 12.7. The molecule has 2 aromatic rings. The molecule has 1 aliphatic rings. The Morgan fingerprint density at radius 2 is 2.04 bits per heavy atom. The smallest absolute Gasteiger partial charge is 0.315 e. The van der Waals surface area contributed by atoms with Crippen LogP contribution in [0.1, 0.15) is 16.0 Å². The largest absolute Gasteiger partial charge is 0.493 e. The Bertz CT molecular complexity index is 747. The Balaban J connectivity index is 1.38. The van der Waals surface area contributed by atoms with Crippen molar-refractivity contribution in [3.8, 4) is 11.5 Å². The van der Waals surface area contributed by atoms with Gasteiger partial charge in [0.05, 0.1) is 14.2 Å². The fourth-order valence-corrected chi connectivity index (χ4v) is 3.95. The van der Waals surface area contributed by atoms with Crippen LogP contribution in [0, 0.1) is 0 Å². The van der Waals surface area contributed by atoms with E-state index in [-0.39, 0.29) is 6.03 Å². The zero-order valence-electron chi connectivity index (χ0n) is 15.2. The van der Waals surface area contributed by atoms with Gasteiger partial charge in [-0.3, -0.25) is 4.90 Å². The average molecular weight is 375 g/mol. The molecule has 1 aromatic heterocycles. The van der Waals surface area contributed by atoms with Crippen molar-refractivity contribution in [2.24, 2.45) is 0 Å². The minimum Gasteiger partial charge on any atom is -0.493 e. The summed E-state index contributed by atoms with van der Waals surface area (Å²) in [7, 11) is 3.20. The third-order valence-electron chi connectivity index (χ3n) is 4.50. The molecule has 1 aromatic carbocycles. The number of methoxy groups -OCH3 is 2. The van der Waals surface area contributed by atoms with Gasteiger partial charge in [0.25, 0.3) is 0 Å². The summed E-state index contributed by atoms with van der Waals surface area (Å²) >= 11 is 1.84. The molecule has 6 nitrogen and oxygen atoms in total. The number of rotatable bonds is 7. The van der Waals surface area contributed by atoms with Crippen molar-refractivity contribution in [1.29, 1.82) is 0 Å². The summed E-state index contributed by atoms with van der Waals surface area (Å²) in [5.41, 5.74) is 2.39. The lowest BCUT2D eigenvalue weighted by atomic mass is 10.1. The van der Waals surface area contributed by atoms with E-state index in [1.165, 1.54) is 10.4 Å². The molecule has 0 saturated carbocycles. The van der Waals surface area contributed by atoms with Crippen LogP contribution in [0.2, 0.25) is 0 Å². The first-order valence-corrected chi connectivity index (χ1v) is 9.57. The number of carbonyl (C=O) groups is 1. The van der Waals surface area contributed by atoms with E-state index >= 15 is 0 Å². The number of nitrogens with zero attached hydrogens (tertiary/aromatic N) is 1. The van der Waals surface area contributed by atoms with Gasteiger partial charge in [0.1, 0.15) is 0 Å². The second-order valence-electron chi connectivity index (χ2n) is 6.19. The molecule has 1 aliphatic heterocycles. The van der Waals surface area contributed by atoms with Gasteiger partial charge in [-0.2, -0.15) is 0 Å². The predicted octanol–water partition coefficient (Wildman–Crippen LogP) is 2.62. The fourth-order valence-electron chi connectivity index (χ4n) is 3.06. The van der Waals surface area contributed by atoms with Crippen molar-refractivity contribution < 1.29 is 14.3 Å². The Hall–Kier alpha value is -2.25. The molecule has 0 radical (unpaired) electrons. The Morgan fingerprint density at radius 1 is 1.19 bits per heavy atom. The molecule has 26 heavy (non-hydrogen) atoms. The molecular formula is C19H25N3O3S. The zero-order chi connectivity index (χ0) is 18.4. The van der Waals surface area contributed by atoms with Crippen LogP contribution in [-0.4, -0.2) is 44.8 Å². The van der Waals surface area contributed by atoms with Gasteiger partial charge in [0.2, 0.25) is 0 Å². The van der Waals surface area contributed by atoms with Crippen molar-refractivity contribution in [1.82, 2.24) is 15.5 Å². The molecule has 2 N–H and O–H groups in total. The van der Waals surface area contributed by atoms with Gasteiger partial charge in [-0.05, 0) is 41.1 Å². The van der Waals surface area contributed by atoms with E-state index in [1.807, 2.05) is 29.5 Å². The lowest BCUT2D eigenvalue weighted by molar-refractivity contribution is 0.231. The molecule has 0 aliphatic carbocycles.